The van der Waals surface area contributed by atoms with Crippen LogP contribution in [0.3, 0.4) is 0 Å². The number of carbonyl (C=O) groups excluding carboxylic acids is 1. The second-order valence-electron chi connectivity index (χ2n) is 6.91. The van der Waals surface area contributed by atoms with Gasteiger partial charge in [-0.05, 0) is 44.9 Å². The van der Waals surface area contributed by atoms with Gasteiger partial charge in [0, 0.05) is 37.1 Å². The Morgan fingerprint density at radius 1 is 1.21 bits per heavy atom. The maximum atomic E-state index is 12.9. The van der Waals surface area contributed by atoms with E-state index in [4.69, 9.17) is 0 Å². The van der Waals surface area contributed by atoms with Crippen molar-refractivity contribution in [3.05, 3.63) is 58.1 Å². The molecule has 8 heteroatoms. The number of likely N-dealkylation sites (tertiary alicyclic amines) is 1. The number of hydrogen-bond donors (Lipinski definition) is 1. The Labute approximate surface area is 167 Å². The molecule has 144 valence electrons. The second kappa shape index (κ2) is 8.02. The third kappa shape index (κ3) is 4.01. The fourth-order valence-electron chi connectivity index (χ4n) is 3.49. The lowest BCUT2D eigenvalue weighted by Crippen LogP contribution is -2.39. The van der Waals surface area contributed by atoms with Gasteiger partial charge in [0.15, 0.2) is 0 Å². The van der Waals surface area contributed by atoms with E-state index >= 15 is 0 Å². The topological polar surface area (TPSA) is 83.9 Å². The van der Waals surface area contributed by atoms with Gasteiger partial charge in [-0.15, -0.1) is 11.3 Å². The van der Waals surface area contributed by atoms with E-state index < -0.39 is 0 Å². The lowest BCUT2D eigenvalue weighted by molar-refractivity contribution is 0.0710. The van der Waals surface area contributed by atoms with E-state index in [-0.39, 0.29) is 11.8 Å². The third-order valence-electron chi connectivity index (χ3n) is 4.83. The molecule has 1 aliphatic rings. The normalized spacial score (nSPS) is 16.8. The van der Waals surface area contributed by atoms with Gasteiger partial charge in [-0.1, -0.05) is 0 Å². The van der Waals surface area contributed by atoms with Gasteiger partial charge < -0.3 is 10.2 Å². The molecule has 0 spiro atoms. The van der Waals surface area contributed by atoms with Crippen LogP contribution in [0.15, 0.2) is 36.8 Å². The highest BCUT2D eigenvalue weighted by Crippen LogP contribution is 2.29. The van der Waals surface area contributed by atoms with Crippen molar-refractivity contribution in [1.82, 2.24) is 24.8 Å². The van der Waals surface area contributed by atoms with Crippen molar-refractivity contribution >= 4 is 28.9 Å². The molecule has 1 fully saturated rings. The lowest BCUT2D eigenvalue weighted by atomic mass is 9.94. The number of amides is 1. The third-order valence-corrected chi connectivity index (χ3v) is 5.89. The summed E-state index contributed by atoms with van der Waals surface area (Å²) in [6, 6.07) is 5.78. The second-order valence-corrected chi connectivity index (χ2v) is 8.11. The van der Waals surface area contributed by atoms with Gasteiger partial charge in [0.1, 0.15) is 4.88 Å². The average Bonchev–Trinajstić information content (AvgIpc) is 3.07. The van der Waals surface area contributed by atoms with E-state index in [0.717, 1.165) is 46.3 Å². The first kappa shape index (κ1) is 18.5. The maximum absolute atomic E-state index is 12.9. The number of anilines is 2. The summed E-state index contributed by atoms with van der Waals surface area (Å²) in [5.41, 5.74) is 2.68. The summed E-state index contributed by atoms with van der Waals surface area (Å²) < 4.78 is 0. The number of pyridine rings is 1. The van der Waals surface area contributed by atoms with E-state index in [1.54, 1.807) is 24.7 Å². The Balaban J connectivity index is 1.44. The quantitative estimate of drug-likeness (QED) is 0.726. The predicted octanol–water partition coefficient (Wildman–Crippen LogP) is 3.71. The van der Waals surface area contributed by atoms with Crippen molar-refractivity contribution in [2.45, 2.75) is 32.6 Å². The summed E-state index contributed by atoms with van der Waals surface area (Å²) >= 11 is 1.48. The van der Waals surface area contributed by atoms with E-state index in [1.807, 2.05) is 30.9 Å². The van der Waals surface area contributed by atoms with Crippen molar-refractivity contribution < 1.29 is 4.79 Å². The monoisotopic (exact) mass is 394 g/mol. The van der Waals surface area contributed by atoms with Crippen LogP contribution in [0, 0.1) is 13.8 Å². The van der Waals surface area contributed by atoms with Crippen LogP contribution in [-0.4, -0.2) is 43.8 Å². The number of nitrogens with zero attached hydrogens (tertiary/aromatic N) is 5. The zero-order valence-electron chi connectivity index (χ0n) is 15.9. The summed E-state index contributed by atoms with van der Waals surface area (Å²) in [6.07, 6.45) is 7.19. The van der Waals surface area contributed by atoms with E-state index in [2.05, 4.69) is 25.3 Å². The minimum absolute atomic E-state index is 0.0901. The molecule has 1 amide bonds. The standard InChI is InChI=1S/C20H22N6OS/c1-13-18(28-14(2)24-13)19(27)26-10-3-5-15(12-26)17-7-6-16(11-23-17)25-20-21-8-4-9-22-20/h4,6-9,11,15H,3,5,10,12H2,1-2H3,(H,21,22,25)/t15-/m1/s1. The van der Waals surface area contributed by atoms with E-state index in [1.165, 1.54) is 11.3 Å². The van der Waals surface area contributed by atoms with Gasteiger partial charge in [0.2, 0.25) is 5.95 Å². The average molecular weight is 395 g/mol. The van der Waals surface area contributed by atoms with Gasteiger partial charge in [0.25, 0.3) is 5.91 Å². The number of nitrogens with one attached hydrogen (secondary N) is 1. The van der Waals surface area contributed by atoms with Crippen molar-refractivity contribution in [2.24, 2.45) is 0 Å². The maximum Gasteiger partial charge on any atom is 0.265 e. The Morgan fingerprint density at radius 3 is 2.71 bits per heavy atom. The molecule has 7 nitrogen and oxygen atoms in total. The molecule has 0 aromatic carbocycles. The number of aryl methyl sites for hydroxylation is 2. The molecule has 0 bridgehead atoms. The molecule has 3 aromatic heterocycles. The molecule has 1 atom stereocenters. The van der Waals surface area contributed by atoms with Crippen LogP contribution in [0.5, 0.6) is 0 Å². The van der Waals surface area contributed by atoms with Gasteiger partial charge in [-0.2, -0.15) is 0 Å². The number of hydrogen-bond acceptors (Lipinski definition) is 7. The van der Waals surface area contributed by atoms with Gasteiger partial charge in [0.05, 0.1) is 22.6 Å². The number of aromatic nitrogens is 4. The van der Waals surface area contributed by atoms with Gasteiger partial charge >= 0.3 is 0 Å². The summed E-state index contributed by atoms with van der Waals surface area (Å²) in [7, 11) is 0. The number of piperidine rings is 1. The van der Waals surface area contributed by atoms with Crippen LogP contribution in [0.25, 0.3) is 0 Å². The minimum atomic E-state index is 0.0901. The molecule has 4 rings (SSSR count). The molecule has 0 unspecified atom stereocenters. The van der Waals surface area contributed by atoms with Crippen LogP contribution in [0.1, 0.15) is 44.8 Å². The zero-order chi connectivity index (χ0) is 19.5. The fraction of sp³-hybridized carbons (Fsp3) is 0.350. The van der Waals surface area contributed by atoms with Crippen molar-refractivity contribution in [3.8, 4) is 0 Å². The molecular weight excluding hydrogens is 372 g/mol. The van der Waals surface area contributed by atoms with Crippen LogP contribution >= 0.6 is 11.3 Å². The largest absolute Gasteiger partial charge is 0.337 e. The van der Waals surface area contributed by atoms with Crippen LogP contribution in [-0.2, 0) is 0 Å². The van der Waals surface area contributed by atoms with Crippen LogP contribution < -0.4 is 5.32 Å². The highest BCUT2D eigenvalue weighted by Gasteiger charge is 2.28. The number of thiazole rings is 1. The molecule has 1 aliphatic heterocycles. The lowest BCUT2D eigenvalue weighted by Gasteiger charge is -2.32. The van der Waals surface area contributed by atoms with E-state index in [0.29, 0.717) is 12.5 Å². The van der Waals surface area contributed by atoms with E-state index in [9.17, 15) is 4.79 Å². The molecule has 4 heterocycles. The molecule has 1 saturated heterocycles. The molecule has 28 heavy (non-hydrogen) atoms. The summed E-state index contributed by atoms with van der Waals surface area (Å²) in [5, 5.41) is 4.07. The zero-order valence-corrected chi connectivity index (χ0v) is 16.7. The summed E-state index contributed by atoms with van der Waals surface area (Å²) in [5.74, 6) is 0.878. The summed E-state index contributed by atoms with van der Waals surface area (Å²) in [6.45, 7) is 5.32. The van der Waals surface area contributed by atoms with Crippen LogP contribution in [0.2, 0.25) is 0 Å². The predicted molar refractivity (Wildman–Crippen MR) is 109 cm³/mol. The molecule has 1 N–H and O–H groups in total. The smallest absolute Gasteiger partial charge is 0.265 e. The first-order chi connectivity index (χ1) is 13.6. The number of carbonyl (C=O) groups is 1. The fourth-order valence-corrected chi connectivity index (χ4v) is 4.38. The molecule has 0 radical (unpaired) electrons. The first-order valence-corrected chi connectivity index (χ1v) is 10.1. The SMILES string of the molecule is Cc1nc(C)c(C(=O)N2CCC[C@@H](c3ccc(Nc4ncccn4)cn3)C2)s1. The first-order valence-electron chi connectivity index (χ1n) is 9.33. The molecule has 0 aliphatic carbocycles. The Kier molecular flexibility index (Phi) is 5.29. The number of rotatable bonds is 4. The van der Waals surface area contributed by atoms with Gasteiger partial charge in [-0.25, -0.2) is 15.0 Å². The van der Waals surface area contributed by atoms with Crippen molar-refractivity contribution in [2.75, 3.05) is 18.4 Å². The van der Waals surface area contributed by atoms with Gasteiger partial charge in [-0.3, -0.25) is 9.78 Å². The highest BCUT2D eigenvalue weighted by molar-refractivity contribution is 7.13. The summed E-state index contributed by atoms with van der Waals surface area (Å²) in [4.78, 5) is 32.9. The molecule has 3 aromatic rings. The highest BCUT2D eigenvalue weighted by atomic mass is 32.1. The van der Waals surface area contributed by atoms with Crippen molar-refractivity contribution in [3.63, 3.8) is 0 Å². The van der Waals surface area contributed by atoms with Crippen molar-refractivity contribution in [1.29, 1.82) is 0 Å². The Morgan fingerprint density at radius 2 is 2.04 bits per heavy atom. The molecule has 0 saturated carbocycles. The van der Waals surface area contributed by atoms with Crippen LogP contribution in [0.4, 0.5) is 11.6 Å². The molecular formula is C20H22N6OS. The minimum Gasteiger partial charge on any atom is -0.337 e. The Hall–Kier alpha value is -2.87. The Bertz CT molecular complexity index is 957.